The topological polar surface area (TPSA) is 136 Å². The van der Waals surface area contributed by atoms with Gasteiger partial charge in [-0.3, -0.25) is 19.2 Å². The maximum atomic E-state index is 13.8. The summed E-state index contributed by atoms with van der Waals surface area (Å²) in [7, 11) is 5.69. The molecule has 0 bridgehead atoms. The minimum Gasteiger partial charge on any atom is -0.493 e. The van der Waals surface area contributed by atoms with Crippen molar-refractivity contribution in [3.05, 3.63) is 63.7 Å². The van der Waals surface area contributed by atoms with Gasteiger partial charge in [0.1, 0.15) is 11.8 Å². The molecule has 0 radical (unpaired) electrons. The highest BCUT2D eigenvalue weighted by molar-refractivity contribution is 6.36. The van der Waals surface area contributed by atoms with Gasteiger partial charge in [-0.1, -0.05) is 17.7 Å². The van der Waals surface area contributed by atoms with E-state index < -0.39 is 23.8 Å². The van der Waals surface area contributed by atoms with E-state index in [1.54, 1.807) is 4.90 Å². The number of anilines is 2. The number of ether oxygens (including phenoxy) is 4. The van der Waals surface area contributed by atoms with Gasteiger partial charge < -0.3 is 39.4 Å². The first-order valence-electron chi connectivity index (χ1n) is 15.0. The van der Waals surface area contributed by atoms with Crippen molar-refractivity contribution in [1.82, 2.24) is 9.80 Å². The fourth-order valence-corrected chi connectivity index (χ4v) is 5.76. The lowest BCUT2D eigenvalue weighted by atomic mass is 10.1. The maximum Gasteiger partial charge on any atom is 0.257 e. The summed E-state index contributed by atoms with van der Waals surface area (Å²) in [5.74, 6) is -0.874. The number of hydrogen-bond acceptors (Lipinski definition) is 8. The minimum atomic E-state index is -1.07. The van der Waals surface area contributed by atoms with Crippen molar-refractivity contribution in [2.75, 3.05) is 52.1 Å². The number of hydrogen-bond donors (Lipinski definition) is 2. The van der Waals surface area contributed by atoms with Crippen LogP contribution in [-0.4, -0.2) is 80.9 Å². The summed E-state index contributed by atoms with van der Waals surface area (Å²) in [5, 5.41) is 5.55. The molecule has 4 amide bonds. The zero-order valence-electron chi connectivity index (χ0n) is 27.7. The number of amides is 4. The van der Waals surface area contributed by atoms with Crippen LogP contribution >= 0.6 is 11.6 Å². The lowest BCUT2D eigenvalue weighted by Crippen LogP contribution is -2.46. The van der Waals surface area contributed by atoms with E-state index in [0.717, 1.165) is 11.1 Å². The number of methoxy groups -OCH3 is 3. The molecule has 13 heteroatoms. The average molecular weight is 667 g/mol. The van der Waals surface area contributed by atoms with Crippen molar-refractivity contribution in [1.29, 1.82) is 0 Å². The number of halogens is 1. The lowest BCUT2D eigenvalue weighted by Gasteiger charge is -2.27. The van der Waals surface area contributed by atoms with Crippen LogP contribution in [0, 0.1) is 13.8 Å². The molecule has 0 unspecified atom stereocenters. The molecule has 0 spiro atoms. The van der Waals surface area contributed by atoms with Crippen LogP contribution < -0.4 is 29.6 Å². The number of nitrogens with one attached hydrogen (secondary N) is 2. The molecule has 0 aliphatic carbocycles. The number of fused-ring (bicyclic) bond motifs is 1. The van der Waals surface area contributed by atoms with Crippen LogP contribution in [0.1, 0.15) is 52.1 Å². The van der Waals surface area contributed by atoms with Gasteiger partial charge in [0.05, 0.1) is 55.3 Å². The van der Waals surface area contributed by atoms with E-state index in [1.165, 1.54) is 51.5 Å². The van der Waals surface area contributed by atoms with Crippen LogP contribution in [0.5, 0.6) is 28.7 Å². The molecule has 1 heterocycles. The summed E-state index contributed by atoms with van der Waals surface area (Å²) in [5.41, 5.74) is 2.25. The van der Waals surface area contributed by atoms with Crippen molar-refractivity contribution in [2.45, 2.75) is 40.2 Å². The number of rotatable bonds is 11. The normalized spacial score (nSPS) is 14.1. The second kappa shape index (κ2) is 14.6. The quantitative estimate of drug-likeness (QED) is 0.267. The Bertz CT molecular complexity index is 1700. The third-order valence-corrected chi connectivity index (χ3v) is 8.24. The molecule has 0 saturated carbocycles. The second-order valence-corrected chi connectivity index (χ2v) is 11.3. The Morgan fingerprint density at radius 1 is 0.915 bits per heavy atom. The molecule has 3 aromatic rings. The molecule has 1 aliphatic rings. The summed E-state index contributed by atoms with van der Waals surface area (Å²) < 4.78 is 22.5. The predicted octanol–water partition coefficient (Wildman–Crippen LogP) is 5.68. The number of nitrogens with zero attached hydrogens (tertiary/aromatic N) is 2. The minimum absolute atomic E-state index is 0.00304. The first-order valence-corrected chi connectivity index (χ1v) is 15.3. The molecule has 4 rings (SSSR count). The summed E-state index contributed by atoms with van der Waals surface area (Å²) in [6, 6.07) is 8.83. The van der Waals surface area contributed by atoms with Crippen LogP contribution in [0.25, 0.3) is 0 Å². The lowest BCUT2D eigenvalue weighted by molar-refractivity contribution is -0.134. The SMILES string of the molecule is CCN(CC)C(=O)C[C@H]1C(=O)Nc2cc(NC(=O)c3cc(OC)c(OC)c(OC)c3Cl)c(Oc3cc(C)cc(C)c3)cc2C(=O)N1C. The highest BCUT2D eigenvalue weighted by atomic mass is 35.5. The van der Waals surface area contributed by atoms with E-state index >= 15 is 0 Å². The van der Waals surface area contributed by atoms with E-state index in [1.807, 2.05) is 45.9 Å². The number of carbonyl (C=O) groups excluding carboxylic acids is 4. The van der Waals surface area contributed by atoms with Crippen LogP contribution in [0.2, 0.25) is 5.02 Å². The van der Waals surface area contributed by atoms with Crippen molar-refractivity contribution in [2.24, 2.45) is 0 Å². The number of carbonyl (C=O) groups is 4. The van der Waals surface area contributed by atoms with E-state index in [-0.39, 0.29) is 62.9 Å². The van der Waals surface area contributed by atoms with Gasteiger partial charge in [-0.05, 0) is 69.2 Å². The fraction of sp³-hybridized carbons (Fsp3) is 0.353. The van der Waals surface area contributed by atoms with Crippen LogP contribution in [0.3, 0.4) is 0 Å². The van der Waals surface area contributed by atoms with E-state index in [0.29, 0.717) is 18.8 Å². The summed E-state index contributed by atoms with van der Waals surface area (Å²) in [4.78, 5) is 56.8. The van der Waals surface area contributed by atoms with Crippen molar-refractivity contribution in [3.8, 4) is 28.7 Å². The molecular formula is C34H39ClN4O8. The molecule has 2 N–H and O–H groups in total. The Labute approximate surface area is 278 Å². The van der Waals surface area contributed by atoms with Gasteiger partial charge in [-0.25, -0.2) is 0 Å². The van der Waals surface area contributed by atoms with E-state index in [2.05, 4.69) is 10.6 Å². The largest absolute Gasteiger partial charge is 0.493 e. The van der Waals surface area contributed by atoms with Gasteiger partial charge >= 0.3 is 0 Å². The highest BCUT2D eigenvalue weighted by Crippen LogP contribution is 2.45. The van der Waals surface area contributed by atoms with Gasteiger partial charge in [-0.2, -0.15) is 0 Å². The van der Waals surface area contributed by atoms with Crippen LogP contribution in [0.15, 0.2) is 36.4 Å². The smallest absolute Gasteiger partial charge is 0.257 e. The molecule has 0 aromatic heterocycles. The number of benzene rings is 3. The van der Waals surface area contributed by atoms with E-state index in [9.17, 15) is 19.2 Å². The molecule has 1 atom stereocenters. The molecule has 0 fully saturated rings. The van der Waals surface area contributed by atoms with Crippen molar-refractivity contribution < 1.29 is 38.1 Å². The average Bonchev–Trinajstić information content (AvgIpc) is 3.10. The van der Waals surface area contributed by atoms with Gasteiger partial charge in [-0.15, -0.1) is 0 Å². The Kier molecular flexibility index (Phi) is 10.9. The summed E-state index contributed by atoms with van der Waals surface area (Å²) in [6.45, 7) is 8.47. The Balaban J connectivity index is 1.81. The molecular weight excluding hydrogens is 628 g/mol. The molecule has 1 aliphatic heterocycles. The van der Waals surface area contributed by atoms with Gasteiger partial charge in [0.15, 0.2) is 17.2 Å². The number of aryl methyl sites for hydroxylation is 2. The Morgan fingerprint density at radius 2 is 1.55 bits per heavy atom. The zero-order valence-corrected chi connectivity index (χ0v) is 28.5. The predicted molar refractivity (Wildman–Crippen MR) is 179 cm³/mol. The third-order valence-electron chi connectivity index (χ3n) is 7.87. The third kappa shape index (κ3) is 7.22. The number of likely N-dealkylation sites (N-methyl/N-ethyl adjacent to an activating group) is 1. The monoisotopic (exact) mass is 666 g/mol. The van der Waals surface area contributed by atoms with E-state index in [4.69, 9.17) is 30.5 Å². The van der Waals surface area contributed by atoms with Crippen LogP contribution in [-0.2, 0) is 9.59 Å². The summed E-state index contributed by atoms with van der Waals surface area (Å²) >= 11 is 6.59. The maximum absolute atomic E-state index is 13.8. The zero-order chi connectivity index (χ0) is 34.6. The fourth-order valence-electron chi connectivity index (χ4n) is 5.46. The molecule has 3 aromatic carbocycles. The van der Waals surface area contributed by atoms with Gasteiger partial charge in [0.2, 0.25) is 17.6 Å². The summed E-state index contributed by atoms with van der Waals surface area (Å²) in [6.07, 6.45) is -0.196. The standard InChI is InChI=1S/C34H39ClN4O8/c1-9-39(10-2)28(40)17-25-33(42)36-23-16-24(37-32(41)22-15-27(44-6)30(45-7)31(46-8)29(22)35)26(14-21(23)34(43)38(25)5)47-20-12-18(3)11-19(4)13-20/h11-16,25H,9-10,17H2,1-8H3,(H,36,42)(H,37,41)/t25-/m0/s1. The van der Waals surface area contributed by atoms with Crippen molar-refractivity contribution in [3.63, 3.8) is 0 Å². The molecule has 12 nitrogen and oxygen atoms in total. The Hall–Kier alpha value is -4.97. The highest BCUT2D eigenvalue weighted by Gasteiger charge is 2.36. The van der Waals surface area contributed by atoms with Crippen LogP contribution in [0.4, 0.5) is 11.4 Å². The second-order valence-electron chi connectivity index (χ2n) is 11.0. The van der Waals surface area contributed by atoms with Crippen molar-refractivity contribution >= 4 is 46.6 Å². The first kappa shape index (κ1) is 34.9. The molecule has 250 valence electrons. The first-order chi connectivity index (χ1) is 22.4. The molecule has 0 saturated heterocycles. The molecule has 47 heavy (non-hydrogen) atoms. The Morgan fingerprint density at radius 3 is 2.13 bits per heavy atom. The van der Waals surface area contributed by atoms with Gasteiger partial charge in [0, 0.05) is 20.1 Å². The van der Waals surface area contributed by atoms with Gasteiger partial charge in [0.25, 0.3) is 11.8 Å².